The van der Waals surface area contributed by atoms with Crippen molar-refractivity contribution in [3.63, 3.8) is 0 Å². The Morgan fingerprint density at radius 2 is 1.97 bits per heavy atom. The number of hydrogen-bond donors (Lipinski definition) is 2. The van der Waals surface area contributed by atoms with Crippen molar-refractivity contribution >= 4 is 12.1 Å². The Morgan fingerprint density at radius 3 is 2.63 bits per heavy atom. The molecular weight excluding hydrogens is 475 g/mol. The first-order valence-corrected chi connectivity index (χ1v) is 10.1. The minimum Gasteiger partial charge on any atom is -0.479 e. The summed E-state index contributed by atoms with van der Waals surface area (Å²) in [5.41, 5.74) is -2.70. The van der Waals surface area contributed by atoms with Crippen LogP contribution in [0.1, 0.15) is 37.3 Å². The first-order chi connectivity index (χ1) is 16.5. The molecule has 0 saturated carbocycles. The van der Waals surface area contributed by atoms with Crippen LogP contribution in [-0.4, -0.2) is 48.7 Å². The molecule has 3 aromatic rings. The third-order valence-corrected chi connectivity index (χ3v) is 5.22. The Morgan fingerprint density at radius 1 is 1.23 bits per heavy atom. The number of aliphatic hydroxyl groups is 1. The molecule has 2 aromatic heterocycles. The maximum Gasteiger partial charge on any atom is 0.511 e. The van der Waals surface area contributed by atoms with E-state index in [2.05, 4.69) is 19.8 Å². The zero-order valence-corrected chi connectivity index (χ0v) is 18.5. The van der Waals surface area contributed by atoms with Crippen molar-refractivity contribution in [1.82, 2.24) is 19.7 Å². The Balaban J connectivity index is 1.90. The van der Waals surface area contributed by atoms with Crippen LogP contribution in [0.5, 0.6) is 0 Å². The smallest absolute Gasteiger partial charge is 0.479 e. The number of aliphatic carboxylic acids is 1. The summed E-state index contributed by atoms with van der Waals surface area (Å²) >= 11 is 0. The lowest BCUT2D eigenvalue weighted by Crippen LogP contribution is -2.41. The van der Waals surface area contributed by atoms with Gasteiger partial charge >= 0.3 is 12.1 Å². The average Bonchev–Trinajstić information content (AvgIpc) is 3.25. The molecular formula is C21H21F3N5O6+. The highest BCUT2D eigenvalue weighted by molar-refractivity contribution is 5.71. The molecule has 14 heteroatoms. The lowest BCUT2D eigenvalue weighted by Gasteiger charge is -2.32. The van der Waals surface area contributed by atoms with Crippen molar-refractivity contribution in [2.24, 2.45) is 0 Å². The fourth-order valence-corrected chi connectivity index (χ4v) is 3.37. The van der Waals surface area contributed by atoms with Crippen LogP contribution in [-0.2, 0) is 26.4 Å². The van der Waals surface area contributed by atoms with Gasteiger partial charge in [0.1, 0.15) is 30.1 Å². The highest BCUT2D eigenvalue weighted by atomic mass is 19.1. The van der Waals surface area contributed by atoms with Gasteiger partial charge in [0.15, 0.2) is 12.4 Å². The topological polar surface area (TPSA) is 141 Å². The molecule has 11 nitrogen and oxygen atoms in total. The molecule has 0 fully saturated rings. The highest BCUT2D eigenvalue weighted by Gasteiger charge is 2.43. The molecule has 186 valence electrons. The van der Waals surface area contributed by atoms with Crippen LogP contribution in [0.2, 0.25) is 0 Å². The molecule has 0 radical (unpaired) electrons. The Labute approximate surface area is 196 Å². The van der Waals surface area contributed by atoms with E-state index in [0.29, 0.717) is 6.07 Å². The molecule has 3 rings (SSSR count). The van der Waals surface area contributed by atoms with Gasteiger partial charge in [-0.15, -0.1) is 4.68 Å². The van der Waals surface area contributed by atoms with Crippen LogP contribution in [0, 0.1) is 17.5 Å². The zero-order chi connectivity index (χ0) is 25.8. The number of hydrogen-bond acceptors (Lipinski definition) is 8. The molecule has 0 aliphatic carbocycles. The van der Waals surface area contributed by atoms with E-state index in [1.54, 1.807) is 0 Å². The summed E-state index contributed by atoms with van der Waals surface area (Å²) in [5, 5.41) is 24.2. The highest BCUT2D eigenvalue weighted by Crippen LogP contribution is 2.39. The van der Waals surface area contributed by atoms with Gasteiger partial charge in [-0.3, -0.25) is 0 Å². The van der Waals surface area contributed by atoms with Crippen LogP contribution >= 0.6 is 0 Å². The van der Waals surface area contributed by atoms with E-state index in [1.165, 1.54) is 35.8 Å². The molecule has 1 aromatic carbocycles. The predicted molar refractivity (Wildman–Crippen MR) is 108 cm³/mol. The summed E-state index contributed by atoms with van der Waals surface area (Å²) in [6, 6.07) is 2.58. The number of benzene rings is 1. The van der Waals surface area contributed by atoms with Crippen molar-refractivity contribution < 1.29 is 47.0 Å². The second kappa shape index (κ2) is 10.5. The maximum absolute atomic E-state index is 14.8. The first-order valence-electron chi connectivity index (χ1n) is 10.1. The van der Waals surface area contributed by atoms with Gasteiger partial charge in [-0.1, -0.05) is 13.0 Å². The van der Waals surface area contributed by atoms with Gasteiger partial charge in [0, 0.05) is 29.6 Å². The number of carbonyl (C=O) groups excluding carboxylic acids is 1. The summed E-state index contributed by atoms with van der Waals surface area (Å²) in [6.07, 6.45) is 2.23. The molecule has 2 heterocycles. The van der Waals surface area contributed by atoms with Gasteiger partial charge in [0.25, 0.3) is 6.33 Å². The third kappa shape index (κ3) is 5.90. The summed E-state index contributed by atoms with van der Waals surface area (Å²) < 4.78 is 54.5. The molecule has 1 unspecified atom stereocenters. The molecule has 0 amide bonds. The van der Waals surface area contributed by atoms with Gasteiger partial charge in [0.2, 0.25) is 12.6 Å². The van der Waals surface area contributed by atoms with Gasteiger partial charge in [-0.2, -0.15) is 4.57 Å². The van der Waals surface area contributed by atoms with E-state index >= 15 is 0 Å². The molecule has 0 aliphatic heterocycles. The number of nitrogens with zero attached hydrogens (tertiary/aromatic N) is 5. The van der Waals surface area contributed by atoms with Crippen LogP contribution in [0.3, 0.4) is 0 Å². The van der Waals surface area contributed by atoms with E-state index < -0.39 is 60.5 Å². The number of carboxylic acid groups (broad SMARTS) is 1. The SMILES string of the molecule is CC(OC(=O)OCC(=O)O)[n+]1cnn(C[C@](O)(c2ccc(F)cc2F)[C@@H](C)c2ncncc2F)c1. The van der Waals surface area contributed by atoms with Crippen molar-refractivity contribution in [1.29, 1.82) is 0 Å². The fourth-order valence-electron chi connectivity index (χ4n) is 3.37. The van der Waals surface area contributed by atoms with Crippen LogP contribution < -0.4 is 4.57 Å². The summed E-state index contributed by atoms with van der Waals surface area (Å²) in [5.74, 6) is -5.28. The van der Waals surface area contributed by atoms with E-state index in [4.69, 9.17) is 9.84 Å². The van der Waals surface area contributed by atoms with E-state index in [-0.39, 0.29) is 11.3 Å². The second-order valence-corrected chi connectivity index (χ2v) is 7.57. The number of carboxylic acids is 1. The average molecular weight is 496 g/mol. The molecule has 35 heavy (non-hydrogen) atoms. The minimum atomic E-state index is -2.17. The summed E-state index contributed by atoms with van der Waals surface area (Å²) in [6.45, 7) is 1.52. The van der Waals surface area contributed by atoms with Crippen molar-refractivity contribution in [2.75, 3.05) is 6.61 Å². The van der Waals surface area contributed by atoms with Gasteiger partial charge in [0.05, 0.1) is 11.9 Å². The third-order valence-electron chi connectivity index (χ3n) is 5.22. The zero-order valence-electron chi connectivity index (χ0n) is 18.5. The van der Waals surface area contributed by atoms with E-state index in [9.17, 15) is 27.9 Å². The number of halogens is 3. The van der Waals surface area contributed by atoms with Gasteiger partial charge in [-0.05, 0) is 6.07 Å². The number of ether oxygens (including phenoxy) is 2. The molecule has 0 spiro atoms. The van der Waals surface area contributed by atoms with E-state index in [1.807, 2.05) is 0 Å². The standard InChI is InChI=1S/C21H20F3N5O6/c1-12(19-17(24)6-25-9-26-19)21(33,15-4-3-14(22)5-16(15)23)8-29-11-28(10-27-29)13(2)35-20(32)34-7-18(30)31/h3-6,9-13,33H,7-8H2,1-2H3/p+1/t12-,13?,21+/m0/s1. The Kier molecular flexibility index (Phi) is 7.64. The van der Waals surface area contributed by atoms with Crippen LogP contribution in [0.4, 0.5) is 18.0 Å². The Hall–Kier alpha value is -4.07. The normalized spacial score (nSPS) is 14.6. The van der Waals surface area contributed by atoms with Crippen molar-refractivity contribution in [3.05, 3.63) is 72.1 Å². The maximum atomic E-state index is 14.8. The minimum absolute atomic E-state index is 0.205. The molecule has 2 N–H and O–H groups in total. The van der Waals surface area contributed by atoms with Crippen LogP contribution in [0.15, 0.2) is 43.4 Å². The molecule has 0 bridgehead atoms. The molecule has 0 aliphatic rings. The molecule has 3 atom stereocenters. The van der Waals surface area contributed by atoms with Gasteiger partial charge in [-0.25, -0.2) is 32.7 Å². The lowest BCUT2D eigenvalue weighted by molar-refractivity contribution is -0.754. The van der Waals surface area contributed by atoms with Crippen molar-refractivity contribution in [3.8, 4) is 0 Å². The first kappa shape index (κ1) is 25.6. The van der Waals surface area contributed by atoms with Crippen LogP contribution in [0.25, 0.3) is 0 Å². The fraction of sp³-hybridized carbons (Fsp3) is 0.333. The largest absolute Gasteiger partial charge is 0.511 e. The van der Waals surface area contributed by atoms with E-state index in [0.717, 1.165) is 24.7 Å². The lowest BCUT2D eigenvalue weighted by atomic mass is 9.79. The summed E-state index contributed by atoms with van der Waals surface area (Å²) in [7, 11) is 0. The predicted octanol–water partition coefficient (Wildman–Crippen LogP) is 1.83. The second-order valence-electron chi connectivity index (χ2n) is 7.57. The number of rotatable bonds is 9. The summed E-state index contributed by atoms with van der Waals surface area (Å²) in [4.78, 5) is 29.5. The number of carbonyl (C=O) groups is 2. The quantitative estimate of drug-likeness (QED) is 0.335. The van der Waals surface area contributed by atoms with Gasteiger partial charge < -0.3 is 19.7 Å². The Bertz CT molecular complexity index is 1230. The monoisotopic (exact) mass is 496 g/mol. The number of aromatic nitrogens is 5. The van der Waals surface area contributed by atoms with Crippen molar-refractivity contribution in [2.45, 2.75) is 38.1 Å². The molecule has 0 saturated heterocycles.